The van der Waals surface area contributed by atoms with Gasteiger partial charge >= 0.3 is 0 Å². The van der Waals surface area contributed by atoms with Gasteiger partial charge in [-0.1, -0.05) is 6.07 Å². The van der Waals surface area contributed by atoms with Crippen LogP contribution in [0.3, 0.4) is 0 Å². The Hall–Kier alpha value is -1.72. The Kier molecular flexibility index (Phi) is 4.31. The van der Waals surface area contributed by atoms with Gasteiger partial charge in [0.1, 0.15) is 0 Å². The second-order valence-corrected chi connectivity index (χ2v) is 5.79. The minimum absolute atomic E-state index is 0.959. The summed E-state index contributed by atoms with van der Waals surface area (Å²) in [5.41, 5.74) is 3.65. The first-order chi connectivity index (χ1) is 10.2. The van der Waals surface area contributed by atoms with Crippen LogP contribution in [0.5, 0.6) is 0 Å². The molecule has 3 rings (SSSR count). The summed E-state index contributed by atoms with van der Waals surface area (Å²) in [6.45, 7) is 8.50. The molecule has 3 heterocycles. The van der Waals surface area contributed by atoms with E-state index >= 15 is 0 Å². The lowest BCUT2D eigenvalue weighted by Gasteiger charge is -2.34. The highest BCUT2D eigenvalue weighted by molar-refractivity contribution is 5.15. The Morgan fingerprint density at radius 1 is 1.05 bits per heavy atom. The van der Waals surface area contributed by atoms with Gasteiger partial charge in [-0.05, 0) is 19.1 Å². The highest BCUT2D eigenvalue weighted by atomic mass is 15.3. The van der Waals surface area contributed by atoms with Crippen molar-refractivity contribution in [2.24, 2.45) is 7.05 Å². The number of rotatable bonds is 4. The first-order valence-corrected chi connectivity index (χ1v) is 7.54. The maximum Gasteiger partial charge on any atom is 0.0638 e. The zero-order valence-corrected chi connectivity index (χ0v) is 12.9. The molecule has 1 saturated heterocycles. The molecule has 21 heavy (non-hydrogen) atoms. The van der Waals surface area contributed by atoms with Crippen molar-refractivity contribution >= 4 is 0 Å². The van der Waals surface area contributed by atoms with E-state index in [1.54, 1.807) is 0 Å². The Morgan fingerprint density at radius 3 is 2.33 bits per heavy atom. The molecule has 5 nitrogen and oxygen atoms in total. The van der Waals surface area contributed by atoms with E-state index in [4.69, 9.17) is 0 Å². The van der Waals surface area contributed by atoms with Crippen molar-refractivity contribution in [2.75, 3.05) is 26.2 Å². The molecule has 0 atom stereocenters. The van der Waals surface area contributed by atoms with Crippen LogP contribution in [0.2, 0.25) is 0 Å². The molecule has 1 fully saturated rings. The number of piperazine rings is 1. The molecule has 0 spiro atoms. The SMILES string of the molecule is Cc1nn(C)cc1CN1CCN(Cc2ccccn2)CC1. The van der Waals surface area contributed by atoms with Crippen molar-refractivity contribution in [1.29, 1.82) is 0 Å². The van der Waals surface area contributed by atoms with E-state index in [9.17, 15) is 0 Å². The van der Waals surface area contributed by atoms with Crippen LogP contribution in [0.1, 0.15) is 17.0 Å². The van der Waals surface area contributed by atoms with Crippen LogP contribution >= 0.6 is 0 Å². The van der Waals surface area contributed by atoms with E-state index in [1.807, 2.05) is 24.0 Å². The van der Waals surface area contributed by atoms with Gasteiger partial charge in [0.25, 0.3) is 0 Å². The summed E-state index contributed by atoms with van der Waals surface area (Å²) in [4.78, 5) is 9.40. The fourth-order valence-electron chi connectivity index (χ4n) is 2.87. The normalized spacial score (nSPS) is 17.2. The molecule has 0 amide bonds. The van der Waals surface area contributed by atoms with Gasteiger partial charge in [-0.3, -0.25) is 19.5 Å². The van der Waals surface area contributed by atoms with Crippen molar-refractivity contribution in [2.45, 2.75) is 20.0 Å². The quantitative estimate of drug-likeness (QED) is 0.852. The topological polar surface area (TPSA) is 37.2 Å². The van der Waals surface area contributed by atoms with E-state index in [0.717, 1.165) is 50.7 Å². The molecule has 0 aromatic carbocycles. The highest BCUT2D eigenvalue weighted by Crippen LogP contribution is 2.12. The van der Waals surface area contributed by atoms with Gasteiger partial charge in [-0.2, -0.15) is 5.10 Å². The second-order valence-electron chi connectivity index (χ2n) is 5.79. The van der Waals surface area contributed by atoms with Crippen LogP contribution in [0, 0.1) is 6.92 Å². The zero-order chi connectivity index (χ0) is 14.7. The predicted octanol–water partition coefficient (Wildman–Crippen LogP) is 1.44. The molecule has 0 radical (unpaired) electrons. The summed E-state index contributed by atoms with van der Waals surface area (Å²) in [6, 6.07) is 6.13. The van der Waals surface area contributed by atoms with Gasteiger partial charge in [0.2, 0.25) is 0 Å². The van der Waals surface area contributed by atoms with Crippen LogP contribution in [0.15, 0.2) is 30.6 Å². The second kappa shape index (κ2) is 6.37. The lowest BCUT2D eigenvalue weighted by atomic mass is 10.2. The first-order valence-electron chi connectivity index (χ1n) is 7.54. The van der Waals surface area contributed by atoms with Gasteiger partial charge in [0, 0.05) is 64.3 Å². The molecule has 5 heteroatoms. The van der Waals surface area contributed by atoms with Crippen molar-refractivity contribution in [1.82, 2.24) is 24.6 Å². The summed E-state index contributed by atoms with van der Waals surface area (Å²) in [5.74, 6) is 0. The minimum Gasteiger partial charge on any atom is -0.296 e. The Morgan fingerprint density at radius 2 is 1.76 bits per heavy atom. The van der Waals surface area contributed by atoms with E-state index in [2.05, 4.69) is 45.1 Å². The summed E-state index contributed by atoms with van der Waals surface area (Å²) in [5, 5.41) is 4.42. The monoisotopic (exact) mass is 285 g/mol. The number of nitrogens with zero attached hydrogens (tertiary/aromatic N) is 5. The van der Waals surface area contributed by atoms with Crippen LogP contribution in [0.25, 0.3) is 0 Å². The van der Waals surface area contributed by atoms with E-state index in [0.29, 0.717) is 0 Å². The average Bonchev–Trinajstić information content (AvgIpc) is 2.80. The molecule has 0 saturated carbocycles. The Labute approximate surface area is 126 Å². The third-order valence-corrected chi connectivity index (χ3v) is 4.09. The molecule has 0 aliphatic carbocycles. The lowest BCUT2D eigenvalue weighted by molar-refractivity contribution is 0.121. The summed E-state index contributed by atoms with van der Waals surface area (Å²) in [7, 11) is 1.99. The average molecular weight is 285 g/mol. The summed E-state index contributed by atoms with van der Waals surface area (Å²) >= 11 is 0. The maximum atomic E-state index is 4.42. The van der Waals surface area contributed by atoms with E-state index in [-0.39, 0.29) is 0 Å². The van der Waals surface area contributed by atoms with Crippen LogP contribution in [-0.2, 0) is 20.1 Å². The molecule has 1 aliphatic rings. The van der Waals surface area contributed by atoms with Crippen molar-refractivity contribution in [3.8, 4) is 0 Å². The molecule has 112 valence electrons. The highest BCUT2D eigenvalue weighted by Gasteiger charge is 2.18. The largest absolute Gasteiger partial charge is 0.296 e. The third kappa shape index (κ3) is 3.68. The van der Waals surface area contributed by atoms with Crippen LogP contribution in [0.4, 0.5) is 0 Å². The summed E-state index contributed by atoms with van der Waals surface area (Å²) in [6.07, 6.45) is 4.01. The molecule has 0 N–H and O–H groups in total. The van der Waals surface area contributed by atoms with Gasteiger partial charge < -0.3 is 0 Å². The van der Waals surface area contributed by atoms with Crippen molar-refractivity contribution in [3.63, 3.8) is 0 Å². The lowest BCUT2D eigenvalue weighted by Crippen LogP contribution is -2.45. The van der Waals surface area contributed by atoms with Crippen molar-refractivity contribution in [3.05, 3.63) is 47.5 Å². The van der Waals surface area contributed by atoms with Crippen LogP contribution < -0.4 is 0 Å². The number of aryl methyl sites for hydroxylation is 2. The number of hydrogen-bond acceptors (Lipinski definition) is 4. The first kappa shape index (κ1) is 14.2. The van der Waals surface area contributed by atoms with Gasteiger partial charge in [-0.25, -0.2) is 0 Å². The van der Waals surface area contributed by atoms with E-state index < -0.39 is 0 Å². The Bertz CT molecular complexity index is 570. The van der Waals surface area contributed by atoms with Crippen molar-refractivity contribution < 1.29 is 0 Å². The van der Waals surface area contributed by atoms with E-state index in [1.165, 1.54) is 5.56 Å². The minimum atomic E-state index is 0.959. The molecular weight excluding hydrogens is 262 g/mol. The predicted molar refractivity (Wildman–Crippen MR) is 82.7 cm³/mol. The van der Waals surface area contributed by atoms with Gasteiger partial charge in [0.15, 0.2) is 0 Å². The van der Waals surface area contributed by atoms with Gasteiger partial charge in [0.05, 0.1) is 11.4 Å². The van der Waals surface area contributed by atoms with Gasteiger partial charge in [-0.15, -0.1) is 0 Å². The number of hydrogen-bond donors (Lipinski definition) is 0. The fourth-order valence-corrected chi connectivity index (χ4v) is 2.87. The zero-order valence-electron chi connectivity index (χ0n) is 12.9. The molecule has 1 aliphatic heterocycles. The molecule has 0 bridgehead atoms. The number of aromatic nitrogens is 3. The number of pyridine rings is 1. The molecule has 2 aromatic rings. The van der Waals surface area contributed by atoms with Crippen LogP contribution in [-0.4, -0.2) is 50.7 Å². The molecule has 0 unspecified atom stereocenters. The standard InChI is InChI=1S/C16H23N5/c1-14-15(11-19(2)18-14)12-20-7-9-21(10-8-20)13-16-5-3-4-6-17-16/h3-6,11H,7-10,12-13H2,1-2H3. The fraction of sp³-hybridized carbons (Fsp3) is 0.500. The Balaban J connectivity index is 1.50. The smallest absolute Gasteiger partial charge is 0.0638 e. The molecule has 2 aromatic heterocycles. The third-order valence-electron chi connectivity index (χ3n) is 4.09. The summed E-state index contributed by atoms with van der Waals surface area (Å²) < 4.78 is 1.90. The maximum absolute atomic E-state index is 4.42. The molecular formula is C16H23N5.